The molecule has 7 nitrogen and oxygen atoms in total. The van der Waals surface area contributed by atoms with Crippen molar-refractivity contribution < 1.29 is 17.9 Å². The van der Waals surface area contributed by atoms with Gasteiger partial charge in [-0.25, -0.2) is 13.4 Å². The summed E-state index contributed by atoms with van der Waals surface area (Å²) < 4.78 is 36.3. The standard InChI is InChI=1S/C22H21N3O4S/c1-28-19-4-3-5-20(11-19)30(26,27)21-8-7-17-15-25(24-13-18(17)10-21)14-16-6-9-22(29-2)23-12-16/h3-13H,14-15H2,1-2H3. The second kappa shape index (κ2) is 8.16. The van der Waals surface area contributed by atoms with Crippen LogP contribution in [0.3, 0.4) is 0 Å². The lowest BCUT2D eigenvalue weighted by Crippen LogP contribution is -2.21. The number of hydrogen-bond donors (Lipinski definition) is 0. The molecule has 2 heterocycles. The van der Waals surface area contributed by atoms with Crippen LogP contribution in [0.2, 0.25) is 0 Å². The number of aromatic nitrogens is 1. The van der Waals surface area contributed by atoms with Gasteiger partial charge in [-0.1, -0.05) is 18.2 Å². The SMILES string of the molecule is COc1cccc(S(=O)(=O)c2ccc3c(c2)C=NN(Cc2ccc(OC)nc2)C3)c1. The molecule has 0 fully saturated rings. The molecule has 1 aromatic heterocycles. The summed E-state index contributed by atoms with van der Waals surface area (Å²) in [5.74, 6) is 1.07. The Hall–Kier alpha value is -3.39. The molecule has 0 atom stereocenters. The maximum atomic E-state index is 13.0. The van der Waals surface area contributed by atoms with Crippen molar-refractivity contribution in [2.24, 2.45) is 5.10 Å². The monoisotopic (exact) mass is 423 g/mol. The van der Waals surface area contributed by atoms with E-state index in [1.807, 2.05) is 23.2 Å². The van der Waals surface area contributed by atoms with Crippen molar-refractivity contribution >= 4 is 16.1 Å². The van der Waals surface area contributed by atoms with Crippen molar-refractivity contribution in [2.75, 3.05) is 14.2 Å². The molecule has 0 bridgehead atoms. The first-order valence-electron chi connectivity index (χ1n) is 9.29. The number of hydrogen-bond acceptors (Lipinski definition) is 7. The first-order valence-corrected chi connectivity index (χ1v) is 10.8. The molecule has 0 saturated heterocycles. The van der Waals surface area contributed by atoms with Crippen molar-refractivity contribution in [2.45, 2.75) is 22.9 Å². The predicted molar refractivity (Wildman–Crippen MR) is 113 cm³/mol. The Labute approximate surface area is 175 Å². The molecule has 4 rings (SSSR count). The molecule has 0 aliphatic carbocycles. The Kier molecular flexibility index (Phi) is 5.41. The highest BCUT2D eigenvalue weighted by Crippen LogP contribution is 2.27. The van der Waals surface area contributed by atoms with Crippen LogP contribution in [0.25, 0.3) is 0 Å². The fraction of sp³-hybridized carbons (Fsp3) is 0.182. The molecular weight excluding hydrogens is 402 g/mol. The van der Waals surface area contributed by atoms with Crippen LogP contribution in [0.1, 0.15) is 16.7 Å². The van der Waals surface area contributed by atoms with E-state index < -0.39 is 9.84 Å². The number of sulfone groups is 1. The lowest BCUT2D eigenvalue weighted by molar-refractivity contribution is 0.267. The molecule has 1 aliphatic rings. The number of ether oxygens (including phenoxy) is 2. The van der Waals surface area contributed by atoms with Crippen LogP contribution in [-0.4, -0.2) is 38.8 Å². The number of methoxy groups -OCH3 is 2. The minimum absolute atomic E-state index is 0.197. The largest absolute Gasteiger partial charge is 0.497 e. The van der Waals surface area contributed by atoms with Crippen molar-refractivity contribution in [1.29, 1.82) is 0 Å². The Morgan fingerprint density at radius 3 is 2.57 bits per heavy atom. The Morgan fingerprint density at radius 2 is 1.83 bits per heavy atom. The van der Waals surface area contributed by atoms with Gasteiger partial charge >= 0.3 is 0 Å². The predicted octanol–water partition coefficient (Wildman–Crippen LogP) is 3.28. The van der Waals surface area contributed by atoms with E-state index >= 15 is 0 Å². The van der Waals surface area contributed by atoms with Crippen molar-refractivity contribution in [1.82, 2.24) is 9.99 Å². The number of benzene rings is 2. The topological polar surface area (TPSA) is 81.1 Å². The molecular formula is C22H21N3O4S. The van der Waals surface area contributed by atoms with Gasteiger partial charge in [0.1, 0.15) is 5.75 Å². The fourth-order valence-electron chi connectivity index (χ4n) is 3.22. The number of fused-ring (bicyclic) bond motifs is 1. The third-order valence-corrected chi connectivity index (χ3v) is 6.61. The van der Waals surface area contributed by atoms with E-state index in [-0.39, 0.29) is 9.79 Å². The molecule has 154 valence electrons. The minimum atomic E-state index is -3.65. The second-order valence-electron chi connectivity index (χ2n) is 6.82. The highest BCUT2D eigenvalue weighted by atomic mass is 32.2. The van der Waals surface area contributed by atoms with E-state index in [0.717, 1.165) is 16.7 Å². The molecule has 1 aliphatic heterocycles. The first-order chi connectivity index (χ1) is 14.5. The van der Waals surface area contributed by atoms with Crippen LogP contribution < -0.4 is 9.47 Å². The molecule has 0 amide bonds. The summed E-state index contributed by atoms with van der Waals surface area (Å²) in [5.41, 5.74) is 2.81. The third kappa shape index (κ3) is 3.99. The zero-order chi connectivity index (χ0) is 21.1. The Balaban J connectivity index is 1.55. The molecule has 0 spiro atoms. The molecule has 3 aromatic rings. The third-order valence-electron chi connectivity index (χ3n) is 4.86. The summed E-state index contributed by atoms with van der Waals surface area (Å²) in [7, 11) is -0.560. The average Bonchev–Trinajstić information content (AvgIpc) is 2.79. The van der Waals surface area contributed by atoms with Gasteiger partial charge in [0.2, 0.25) is 15.7 Å². The lowest BCUT2D eigenvalue weighted by atomic mass is 10.1. The fourth-order valence-corrected chi connectivity index (χ4v) is 4.55. The number of rotatable bonds is 6. The highest BCUT2D eigenvalue weighted by Gasteiger charge is 2.21. The summed E-state index contributed by atoms with van der Waals surface area (Å²) >= 11 is 0. The maximum Gasteiger partial charge on any atom is 0.212 e. The summed E-state index contributed by atoms with van der Waals surface area (Å²) in [6.07, 6.45) is 3.45. The second-order valence-corrected chi connectivity index (χ2v) is 8.77. The van der Waals surface area contributed by atoms with Gasteiger partial charge in [-0.3, -0.25) is 5.01 Å². The molecule has 2 aromatic carbocycles. The summed E-state index contributed by atoms with van der Waals surface area (Å²) in [4.78, 5) is 4.64. The maximum absolute atomic E-state index is 13.0. The van der Waals surface area contributed by atoms with E-state index in [2.05, 4.69) is 10.1 Å². The molecule has 0 unspecified atom stereocenters. The molecule has 8 heteroatoms. The number of pyridine rings is 1. The van der Waals surface area contributed by atoms with Gasteiger partial charge in [-0.2, -0.15) is 5.10 Å². The summed E-state index contributed by atoms with van der Waals surface area (Å²) in [5, 5.41) is 6.37. The zero-order valence-electron chi connectivity index (χ0n) is 16.6. The van der Waals surface area contributed by atoms with Crippen LogP contribution in [0.5, 0.6) is 11.6 Å². The summed E-state index contributed by atoms with van der Waals surface area (Å²) in [6, 6.07) is 15.4. The molecule has 30 heavy (non-hydrogen) atoms. The van der Waals surface area contributed by atoms with Crippen LogP contribution >= 0.6 is 0 Å². The normalized spacial score (nSPS) is 13.1. The Morgan fingerprint density at radius 1 is 1.00 bits per heavy atom. The van der Waals surface area contributed by atoms with Gasteiger partial charge in [-0.05, 0) is 41.5 Å². The van der Waals surface area contributed by atoms with E-state index in [4.69, 9.17) is 9.47 Å². The van der Waals surface area contributed by atoms with Crippen molar-refractivity contribution in [3.63, 3.8) is 0 Å². The lowest BCUT2D eigenvalue weighted by Gasteiger charge is -2.24. The van der Waals surface area contributed by atoms with Gasteiger partial charge in [0.25, 0.3) is 0 Å². The average molecular weight is 423 g/mol. The first kappa shape index (κ1) is 19.9. The molecule has 0 N–H and O–H groups in total. The zero-order valence-corrected chi connectivity index (χ0v) is 17.5. The van der Waals surface area contributed by atoms with Crippen molar-refractivity contribution in [3.8, 4) is 11.6 Å². The van der Waals surface area contributed by atoms with Crippen LogP contribution in [0, 0.1) is 0 Å². The van der Waals surface area contributed by atoms with Crippen LogP contribution in [0.15, 0.2) is 75.7 Å². The van der Waals surface area contributed by atoms with Crippen LogP contribution in [-0.2, 0) is 22.9 Å². The van der Waals surface area contributed by atoms with Gasteiger partial charge < -0.3 is 9.47 Å². The highest BCUT2D eigenvalue weighted by molar-refractivity contribution is 7.91. The van der Waals surface area contributed by atoms with Crippen LogP contribution in [0.4, 0.5) is 0 Å². The Bertz CT molecular complexity index is 1190. The van der Waals surface area contributed by atoms with Gasteiger partial charge in [0, 0.05) is 17.8 Å². The minimum Gasteiger partial charge on any atom is -0.497 e. The quantitative estimate of drug-likeness (QED) is 0.605. The van der Waals surface area contributed by atoms with E-state index in [9.17, 15) is 8.42 Å². The van der Waals surface area contributed by atoms with Gasteiger partial charge in [0.05, 0.1) is 43.3 Å². The van der Waals surface area contributed by atoms with Crippen molar-refractivity contribution in [3.05, 3.63) is 77.5 Å². The van der Waals surface area contributed by atoms with Gasteiger partial charge in [-0.15, -0.1) is 0 Å². The molecule has 0 radical (unpaired) electrons. The number of hydrazone groups is 1. The van der Waals surface area contributed by atoms with E-state index in [1.54, 1.807) is 49.9 Å². The smallest absolute Gasteiger partial charge is 0.212 e. The number of nitrogens with zero attached hydrogens (tertiary/aromatic N) is 3. The van der Waals surface area contributed by atoms with E-state index in [1.165, 1.54) is 13.2 Å². The van der Waals surface area contributed by atoms with Gasteiger partial charge in [0.15, 0.2) is 0 Å². The summed E-state index contributed by atoms with van der Waals surface area (Å²) in [6.45, 7) is 1.17. The van der Waals surface area contributed by atoms with E-state index in [0.29, 0.717) is 24.7 Å². The molecule has 0 saturated carbocycles.